The number of aryl methyl sites for hydroxylation is 1. The van der Waals surface area contributed by atoms with E-state index in [0.29, 0.717) is 24.3 Å². The minimum Gasteiger partial charge on any atom is -0.492 e. The highest BCUT2D eigenvalue weighted by Gasteiger charge is 2.43. The molecular weight excluding hydrogens is 294 g/mol. The van der Waals surface area contributed by atoms with Crippen LogP contribution in [0.4, 0.5) is 0 Å². The fraction of sp³-hybridized carbons (Fsp3) is 0.429. The Morgan fingerprint density at radius 3 is 2.83 bits per heavy atom. The van der Waals surface area contributed by atoms with Crippen molar-refractivity contribution in [1.82, 2.24) is 0 Å². The van der Waals surface area contributed by atoms with Crippen molar-refractivity contribution in [3.8, 4) is 11.8 Å². The Bertz CT molecular complexity index is 515. The first-order valence-electron chi connectivity index (χ1n) is 5.85. The van der Waals surface area contributed by atoms with Crippen molar-refractivity contribution < 1.29 is 9.53 Å². The van der Waals surface area contributed by atoms with Crippen LogP contribution in [0.25, 0.3) is 0 Å². The fourth-order valence-corrected chi connectivity index (χ4v) is 2.57. The highest BCUT2D eigenvalue weighted by molar-refractivity contribution is 9.10. The lowest BCUT2D eigenvalue weighted by atomic mass is 10.1. The van der Waals surface area contributed by atoms with Crippen molar-refractivity contribution in [2.75, 3.05) is 6.61 Å². The predicted molar refractivity (Wildman–Crippen MR) is 71.7 cm³/mol. The second kappa shape index (κ2) is 5.11. The number of rotatable bonds is 5. The quantitative estimate of drug-likeness (QED) is 0.780. The Morgan fingerprint density at radius 2 is 2.28 bits per heavy atom. The van der Waals surface area contributed by atoms with E-state index >= 15 is 0 Å². The van der Waals surface area contributed by atoms with E-state index in [0.717, 1.165) is 29.2 Å². The monoisotopic (exact) mass is 307 g/mol. The lowest BCUT2D eigenvalue weighted by molar-refractivity contribution is 0.111. The number of carbonyl (C=O) groups is 1. The molecular formula is C14H14BrNO2. The summed E-state index contributed by atoms with van der Waals surface area (Å²) in [6.45, 7) is 2.43. The van der Waals surface area contributed by atoms with E-state index in [1.54, 1.807) is 6.07 Å². The average molecular weight is 308 g/mol. The number of aldehydes is 1. The molecule has 1 aliphatic rings. The molecule has 1 saturated carbocycles. The number of carbonyl (C=O) groups excluding carboxylic acids is 1. The maximum absolute atomic E-state index is 11.0. The number of nitrogens with zero attached hydrogens (tertiary/aromatic N) is 1. The summed E-state index contributed by atoms with van der Waals surface area (Å²) in [4.78, 5) is 11.0. The second-order valence-corrected chi connectivity index (χ2v) is 5.80. The highest BCUT2D eigenvalue weighted by atomic mass is 79.9. The minimum atomic E-state index is 0.0222. The average Bonchev–Trinajstić information content (AvgIpc) is 3.07. The molecule has 0 saturated heterocycles. The van der Waals surface area contributed by atoms with Crippen LogP contribution in [-0.2, 0) is 0 Å². The molecule has 1 aliphatic carbocycles. The van der Waals surface area contributed by atoms with Gasteiger partial charge in [-0.2, -0.15) is 5.26 Å². The first-order valence-corrected chi connectivity index (χ1v) is 6.65. The molecule has 1 aromatic rings. The SMILES string of the molecule is Cc1cc(Br)cc(C=O)c1OCC1(CC#N)CC1. The number of halogens is 1. The fourth-order valence-electron chi connectivity index (χ4n) is 1.98. The van der Waals surface area contributed by atoms with E-state index in [4.69, 9.17) is 10.00 Å². The molecule has 4 heteroatoms. The maximum Gasteiger partial charge on any atom is 0.153 e. The third-order valence-electron chi connectivity index (χ3n) is 3.33. The Hall–Kier alpha value is -1.34. The molecule has 3 nitrogen and oxygen atoms in total. The minimum absolute atomic E-state index is 0.0222. The van der Waals surface area contributed by atoms with E-state index in [1.165, 1.54) is 0 Å². The van der Waals surface area contributed by atoms with Crippen LogP contribution in [0.3, 0.4) is 0 Å². The van der Waals surface area contributed by atoms with Gasteiger partial charge in [-0.1, -0.05) is 15.9 Å². The van der Waals surface area contributed by atoms with Gasteiger partial charge in [-0.05, 0) is 37.5 Å². The van der Waals surface area contributed by atoms with Gasteiger partial charge < -0.3 is 4.74 Å². The number of nitriles is 1. The molecule has 0 aliphatic heterocycles. The van der Waals surface area contributed by atoms with Crippen molar-refractivity contribution in [2.24, 2.45) is 5.41 Å². The standard InChI is InChI=1S/C14H14BrNO2/c1-10-6-12(15)7-11(8-17)13(10)18-9-14(2-3-14)4-5-16/h6-8H,2-4,9H2,1H3. The third-order valence-corrected chi connectivity index (χ3v) is 3.79. The summed E-state index contributed by atoms with van der Waals surface area (Å²) in [6, 6.07) is 5.87. The van der Waals surface area contributed by atoms with Crippen LogP contribution in [0, 0.1) is 23.7 Å². The van der Waals surface area contributed by atoms with Crippen LogP contribution in [-0.4, -0.2) is 12.9 Å². The zero-order chi connectivity index (χ0) is 13.2. The summed E-state index contributed by atoms with van der Waals surface area (Å²) < 4.78 is 6.66. The van der Waals surface area contributed by atoms with Crippen molar-refractivity contribution in [3.05, 3.63) is 27.7 Å². The Balaban J connectivity index is 2.15. The number of ether oxygens (including phenoxy) is 1. The summed E-state index contributed by atoms with van der Waals surface area (Å²) in [5, 5.41) is 8.76. The first kappa shape index (κ1) is 13.1. The van der Waals surface area contributed by atoms with E-state index < -0.39 is 0 Å². The van der Waals surface area contributed by atoms with Gasteiger partial charge in [-0.3, -0.25) is 4.79 Å². The summed E-state index contributed by atoms with van der Waals surface area (Å²) in [7, 11) is 0. The molecule has 0 amide bonds. The van der Waals surface area contributed by atoms with Gasteiger partial charge in [-0.25, -0.2) is 0 Å². The molecule has 0 bridgehead atoms. The molecule has 0 aromatic heterocycles. The first-order chi connectivity index (χ1) is 8.60. The smallest absolute Gasteiger partial charge is 0.153 e. The largest absolute Gasteiger partial charge is 0.492 e. The molecule has 0 N–H and O–H groups in total. The molecule has 1 aromatic carbocycles. The lowest BCUT2D eigenvalue weighted by Crippen LogP contribution is -2.13. The molecule has 2 rings (SSSR count). The van der Waals surface area contributed by atoms with Gasteiger partial charge in [0.15, 0.2) is 6.29 Å². The van der Waals surface area contributed by atoms with E-state index in [2.05, 4.69) is 22.0 Å². The van der Waals surface area contributed by atoms with E-state index in [9.17, 15) is 4.79 Å². The summed E-state index contributed by atoms with van der Waals surface area (Å²) in [6.07, 6.45) is 3.40. The van der Waals surface area contributed by atoms with E-state index in [1.807, 2.05) is 13.0 Å². The van der Waals surface area contributed by atoms with Gasteiger partial charge in [0.1, 0.15) is 5.75 Å². The Labute approximate surface area is 115 Å². The molecule has 0 unspecified atom stereocenters. The zero-order valence-electron chi connectivity index (χ0n) is 10.2. The van der Waals surface area contributed by atoms with Crippen molar-refractivity contribution in [1.29, 1.82) is 5.26 Å². The van der Waals surface area contributed by atoms with Crippen LogP contribution < -0.4 is 4.74 Å². The van der Waals surface area contributed by atoms with Crippen LogP contribution in [0.15, 0.2) is 16.6 Å². The number of benzene rings is 1. The Morgan fingerprint density at radius 1 is 1.56 bits per heavy atom. The lowest BCUT2D eigenvalue weighted by Gasteiger charge is -2.16. The van der Waals surface area contributed by atoms with Gasteiger partial charge in [-0.15, -0.1) is 0 Å². The topological polar surface area (TPSA) is 50.1 Å². The Kier molecular flexibility index (Phi) is 3.72. The maximum atomic E-state index is 11.0. The van der Waals surface area contributed by atoms with Gasteiger partial charge in [0.05, 0.1) is 18.2 Å². The van der Waals surface area contributed by atoms with Gasteiger partial charge in [0.2, 0.25) is 0 Å². The molecule has 18 heavy (non-hydrogen) atoms. The number of hydrogen-bond acceptors (Lipinski definition) is 3. The van der Waals surface area contributed by atoms with Crippen LogP contribution in [0.1, 0.15) is 35.2 Å². The molecule has 0 heterocycles. The highest BCUT2D eigenvalue weighted by Crippen LogP contribution is 2.49. The second-order valence-electron chi connectivity index (χ2n) is 4.88. The zero-order valence-corrected chi connectivity index (χ0v) is 11.8. The molecule has 1 fully saturated rings. The van der Waals surface area contributed by atoms with Gasteiger partial charge >= 0.3 is 0 Å². The molecule has 0 atom stereocenters. The predicted octanol–water partition coefficient (Wildman–Crippen LogP) is 3.64. The normalized spacial score (nSPS) is 15.8. The summed E-state index contributed by atoms with van der Waals surface area (Å²) in [5.41, 5.74) is 1.50. The van der Waals surface area contributed by atoms with Crippen LogP contribution >= 0.6 is 15.9 Å². The van der Waals surface area contributed by atoms with Gasteiger partial charge in [0.25, 0.3) is 0 Å². The number of hydrogen-bond donors (Lipinski definition) is 0. The van der Waals surface area contributed by atoms with Crippen molar-refractivity contribution in [2.45, 2.75) is 26.2 Å². The summed E-state index contributed by atoms with van der Waals surface area (Å²) in [5.74, 6) is 0.636. The van der Waals surface area contributed by atoms with Crippen LogP contribution in [0.5, 0.6) is 5.75 Å². The third kappa shape index (κ3) is 2.73. The van der Waals surface area contributed by atoms with Crippen molar-refractivity contribution >= 4 is 22.2 Å². The summed E-state index contributed by atoms with van der Waals surface area (Å²) >= 11 is 3.36. The van der Waals surface area contributed by atoms with E-state index in [-0.39, 0.29) is 5.41 Å². The van der Waals surface area contributed by atoms with Crippen LogP contribution in [0.2, 0.25) is 0 Å². The van der Waals surface area contributed by atoms with Crippen molar-refractivity contribution in [3.63, 3.8) is 0 Å². The van der Waals surface area contributed by atoms with Gasteiger partial charge in [0, 0.05) is 16.3 Å². The molecule has 0 spiro atoms. The molecule has 94 valence electrons. The molecule has 0 radical (unpaired) electrons.